The fourth-order valence-corrected chi connectivity index (χ4v) is 2.52. The number of nitro benzene ring substituents is 1. The first-order valence-corrected chi connectivity index (χ1v) is 7.23. The lowest BCUT2D eigenvalue weighted by Crippen LogP contribution is -2.01. The van der Waals surface area contributed by atoms with Gasteiger partial charge in [0.1, 0.15) is 0 Å². The van der Waals surface area contributed by atoms with Gasteiger partial charge in [-0.3, -0.25) is 10.1 Å². The van der Waals surface area contributed by atoms with Gasteiger partial charge in [0, 0.05) is 23.2 Å². The summed E-state index contributed by atoms with van der Waals surface area (Å²) in [6.07, 6.45) is 0.603. The highest BCUT2D eigenvalue weighted by atomic mass is 35.7. The third kappa shape index (κ3) is 2.49. The minimum absolute atomic E-state index is 0.136. The van der Waals surface area contributed by atoms with Crippen LogP contribution < -0.4 is 9.47 Å². The Morgan fingerprint density at radius 1 is 1.22 bits per heavy atom. The van der Waals surface area contributed by atoms with Crippen LogP contribution in [0.15, 0.2) is 17.0 Å². The van der Waals surface area contributed by atoms with Crippen LogP contribution in [0.1, 0.15) is 6.42 Å². The largest absolute Gasteiger partial charge is 0.490 e. The van der Waals surface area contributed by atoms with Gasteiger partial charge in [-0.25, -0.2) is 8.42 Å². The van der Waals surface area contributed by atoms with E-state index in [0.29, 0.717) is 19.6 Å². The van der Waals surface area contributed by atoms with Gasteiger partial charge in [-0.2, -0.15) is 0 Å². The van der Waals surface area contributed by atoms with E-state index < -0.39 is 24.6 Å². The minimum atomic E-state index is -4.23. The maximum absolute atomic E-state index is 11.3. The lowest BCUT2D eigenvalue weighted by Gasteiger charge is -2.08. The summed E-state index contributed by atoms with van der Waals surface area (Å²) in [6.45, 7) is 0.684. The smallest absolute Gasteiger partial charge is 0.293 e. The summed E-state index contributed by atoms with van der Waals surface area (Å²) in [5.74, 6) is 0.278. The number of benzene rings is 1. The molecule has 0 unspecified atom stereocenters. The summed E-state index contributed by atoms with van der Waals surface area (Å²) in [4.78, 5) is 9.40. The molecule has 98 valence electrons. The molecule has 18 heavy (non-hydrogen) atoms. The SMILES string of the molecule is O=[N+]([O-])c1cc2c(cc1S(=O)(=O)Cl)OCCCO2. The Balaban J connectivity index is 2.66. The van der Waals surface area contributed by atoms with Crippen molar-refractivity contribution >= 4 is 25.4 Å². The Labute approximate surface area is 107 Å². The van der Waals surface area contributed by atoms with Crippen molar-refractivity contribution in [1.82, 2.24) is 0 Å². The van der Waals surface area contributed by atoms with Crippen LogP contribution in [0.4, 0.5) is 5.69 Å². The first kappa shape index (κ1) is 12.9. The first-order chi connectivity index (χ1) is 8.39. The lowest BCUT2D eigenvalue weighted by atomic mass is 10.3. The van der Waals surface area contributed by atoms with Gasteiger partial charge < -0.3 is 9.47 Å². The van der Waals surface area contributed by atoms with Gasteiger partial charge in [0.05, 0.1) is 24.2 Å². The molecular weight excluding hydrogens is 286 g/mol. The minimum Gasteiger partial charge on any atom is -0.490 e. The average molecular weight is 294 g/mol. The standard InChI is InChI=1S/C9H8ClNO6S/c10-18(14,15)9-5-8-7(4-6(9)11(12)13)16-2-1-3-17-8/h4-5H,1-3H2. The molecule has 0 fully saturated rings. The summed E-state index contributed by atoms with van der Waals surface area (Å²) in [7, 11) is 0.934. The molecule has 0 saturated carbocycles. The third-order valence-corrected chi connectivity index (χ3v) is 3.64. The van der Waals surface area contributed by atoms with Crippen LogP contribution in [-0.2, 0) is 9.05 Å². The predicted molar refractivity (Wildman–Crippen MR) is 61.7 cm³/mol. The molecule has 7 nitrogen and oxygen atoms in total. The summed E-state index contributed by atoms with van der Waals surface area (Å²) in [5.41, 5.74) is -0.630. The van der Waals surface area contributed by atoms with Crippen LogP contribution in [0.3, 0.4) is 0 Å². The van der Waals surface area contributed by atoms with E-state index in [4.69, 9.17) is 20.2 Å². The molecule has 1 heterocycles. The molecule has 0 saturated heterocycles. The van der Waals surface area contributed by atoms with Crippen LogP contribution in [0.5, 0.6) is 11.5 Å². The number of hydrogen-bond acceptors (Lipinski definition) is 6. The molecule has 0 atom stereocenters. The van der Waals surface area contributed by atoms with E-state index >= 15 is 0 Å². The number of nitrogens with zero attached hydrogens (tertiary/aromatic N) is 1. The first-order valence-electron chi connectivity index (χ1n) is 4.92. The molecule has 0 aliphatic carbocycles. The highest BCUT2D eigenvalue weighted by Crippen LogP contribution is 2.39. The second-order valence-electron chi connectivity index (χ2n) is 3.51. The highest BCUT2D eigenvalue weighted by molar-refractivity contribution is 8.13. The van der Waals surface area contributed by atoms with Crippen LogP contribution in [0, 0.1) is 10.1 Å². The van der Waals surface area contributed by atoms with E-state index in [1.165, 1.54) is 0 Å². The zero-order chi connectivity index (χ0) is 13.3. The average Bonchev–Trinajstić information content (AvgIpc) is 2.50. The van der Waals surface area contributed by atoms with Gasteiger partial charge in [-0.1, -0.05) is 0 Å². The summed E-state index contributed by atoms with van der Waals surface area (Å²) >= 11 is 0. The summed E-state index contributed by atoms with van der Waals surface area (Å²) in [6, 6.07) is 2.02. The summed E-state index contributed by atoms with van der Waals surface area (Å²) in [5, 5.41) is 10.8. The van der Waals surface area contributed by atoms with Gasteiger partial charge in [0.2, 0.25) is 0 Å². The van der Waals surface area contributed by atoms with Crippen molar-refractivity contribution in [2.75, 3.05) is 13.2 Å². The van der Waals surface area contributed by atoms with Crippen LogP contribution >= 0.6 is 10.7 Å². The molecule has 0 amide bonds. The molecule has 1 aromatic rings. The van der Waals surface area contributed by atoms with Gasteiger partial charge in [-0.05, 0) is 0 Å². The number of nitro groups is 1. The second-order valence-corrected chi connectivity index (χ2v) is 6.05. The molecule has 0 N–H and O–H groups in total. The van der Waals surface area contributed by atoms with Crippen molar-refractivity contribution in [3.8, 4) is 11.5 Å². The van der Waals surface area contributed by atoms with Crippen molar-refractivity contribution in [3.05, 3.63) is 22.2 Å². The Morgan fingerprint density at radius 3 is 2.28 bits per heavy atom. The predicted octanol–water partition coefficient (Wildman–Crippen LogP) is 1.68. The van der Waals surface area contributed by atoms with Gasteiger partial charge >= 0.3 is 0 Å². The van der Waals surface area contributed by atoms with E-state index in [-0.39, 0.29) is 11.5 Å². The van der Waals surface area contributed by atoms with Gasteiger partial charge in [0.25, 0.3) is 14.7 Å². The van der Waals surface area contributed by atoms with E-state index in [1.54, 1.807) is 0 Å². The maximum Gasteiger partial charge on any atom is 0.293 e. The zero-order valence-corrected chi connectivity index (χ0v) is 10.5. The third-order valence-electron chi connectivity index (χ3n) is 2.29. The number of fused-ring (bicyclic) bond motifs is 1. The van der Waals surface area contributed by atoms with Crippen LogP contribution in [-0.4, -0.2) is 26.6 Å². The Bertz CT molecular complexity index is 599. The Hall–Kier alpha value is -1.54. The number of hydrogen-bond donors (Lipinski definition) is 0. The van der Waals surface area contributed by atoms with Gasteiger partial charge in [-0.15, -0.1) is 0 Å². The molecule has 1 aliphatic heterocycles. The normalized spacial score (nSPS) is 14.9. The molecule has 9 heteroatoms. The second kappa shape index (κ2) is 4.62. The Morgan fingerprint density at radius 2 is 1.78 bits per heavy atom. The monoisotopic (exact) mass is 293 g/mol. The van der Waals surface area contributed by atoms with Crippen molar-refractivity contribution in [2.24, 2.45) is 0 Å². The van der Waals surface area contributed by atoms with Crippen molar-refractivity contribution in [1.29, 1.82) is 0 Å². The molecule has 2 rings (SSSR count). The van der Waals surface area contributed by atoms with Crippen molar-refractivity contribution < 1.29 is 22.8 Å². The fourth-order valence-electron chi connectivity index (χ4n) is 1.52. The maximum atomic E-state index is 11.3. The number of rotatable bonds is 2. The topological polar surface area (TPSA) is 95.7 Å². The van der Waals surface area contributed by atoms with E-state index in [1.807, 2.05) is 0 Å². The van der Waals surface area contributed by atoms with Crippen LogP contribution in [0.25, 0.3) is 0 Å². The molecule has 1 aliphatic rings. The fraction of sp³-hybridized carbons (Fsp3) is 0.333. The highest BCUT2D eigenvalue weighted by Gasteiger charge is 2.28. The molecule has 0 radical (unpaired) electrons. The Kier molecular flexibility index (Phi) is 3.31. The molecule has 0 spiro atoms. The van der Waals surface area contributed by atoms with E-state index in [0.717, 1.165) is 12.1 Å². The van der Waals surface area contributed by atoms with E-state index in [9.17, 15) is 18.5 Å². The van der Waals surface area contributed by atoms with Crippen molar-refractivity contribution in [3.63, 3.8) is 0 Å². The van der Waals surface area contributed by atoms with Crippen molar-refractivity contribution in [2.45, 2.75) is 11.3 Å². The zero-order valence-electron chi connectivity index (χ0n) is 8.96. The number of halogens is 1. The quantitative estimate of drug-likeness (QED) is 0.467. The molecular formula is C9H8ClNO6S. The lowest BCUT2D eigenvalue weighted by molar-refractivity contribution is -0.387. The van der Waals surface area contributed by atoms with Crippen LogP contribution in [0.2, 0.25) is 0 Å². The van der Waals surface area contributed by atoms with E-state index in [2.05, 4.69) is 0 Å². The molecule has 1 aromatic carbocycles. The number of ether oxygens (including phenoxy) is 2. The summed E-state index contributed by atoms with van der Waals surface area (Å²) < 4.78 is 33.1. The molecule has 0 aromatic heterocycles. The van der Waals surface area contributed by atoms with Gasteiger partial charge in [0.15, 0.2) is 16.4 Å². The molecule has 0 bridgehead atoms.